The fraction of sp³-hybridized carbons (Fsp3) is 0.524. The molecule has 1 amide bonds. The lowest BCUT2D eigenvalue weighted by molar-refractivity contribution is 0.0640. The second-order valence-corrected chi connectivity index (χ2v) is 7.70. The molecule has 32 heavy (non-hydrogen) atoms. The number of carbonyl (C=O) groups excluding carboxylic acids is 1. The highest BCUT2D eigenvalue weighted by atomic mass is 16.5. The van der Waals surface area contributed by atoms with E-state index in [1.807, 2.05) is 13.8 Å². The Labute approximate surface area is 187 Å². The quantitative estimate of drug-likeness (QED) is 0.636. The first kappa shape index (κ1) is 23.3. The number of hydrogen-bond acceptors (Lipinski definition) is 8. The summed E-state index contributed by atoms with van der Waals surface area (Å²) in [6.07, 6.45) is 6.27. The second-order valence-electron chi connectivity index (χ2n) is 7.70. The average molecular weight is 443 g/mol. The summed E-state index contributed by atoms with van der Waals surface area (Å²) in [6.45, 7) is 8.41. The molecule has 1 unspecified atom stereocenters. The Balaban J connectivity index is 0.00000141. The smallest absolute Gasteiger partial charge is 0.257 e. The summed E-state index contributed by atoms with van der Waals surface area (Å²) in [4.78, 5) is 22.4. The van der Waals surface area contributed by atoms with E-state index in [1.165, 1.54) is 24.3 Å². The van der Waals surface area contributed by atoms with Gasteiger partial charge in [-0.05, 0) is 32.8 Å². The number of methoxy groups -OCH3 is 1. The molecule has 4 heterocycles. The number of nitrogens with zero attached hydrogens (tertiary/aromatic N) is 8. The van der Waals surface area contributed by atoms with Crippen molar-refractivity contribution in [2.75, 3.05) is 20.2 Å². The first-order chi connectivity index (χ1) is 15.4. The van der Waals surface area contributed by atoms with Crippen LogP contribution >= 0.6 is 0 Å². The number of carbonyl (C=O) groups is 1. The first-order valence-corrected chi connectivity index (χ1v) is 10.7. The molecule has 0 radical (unpaired) electrons. The molecule has 172 valence electrons. The van der Waals surface area contributed by atoms with Gasteiger partial charge in [0.1, 0.15) is 11.3 Å². The topological polar surface area (TPSA) is 124 Å². The van der Waals surface area contributed by atoms with Gasteiger partial charge in [0.25, 0.3) is 5.91 Å². The summed E-state index contributed by atoms with van der Waals surface area (Å²) in [5.74, 6) is 0.514. The highest BCUT2D eigenvalue weighted by Crippen LogP contribution is 2.25. The molecule has 0 bridgehead atoms. The standard InChI is InChI=1S/C19H24N8O3.C2H6/c1-19(2,29)15-11-22-26(24-15)13-5-4-10-25(12-13)18(28)14-6-7-16(30-3)23-17(14)27-20-8-9-21-27;1-2/h6-9,11,13,29H,4-5,10,12H2,1-3H3;1-2H3. The molecule has 1 fully saturated rings. The number of aliphatic hydroxyl groups is 1. The lowest BCUT2D eigenvalue weighted by Gasteiger charge is -2.32. The normalized spacial score (nSPS) is 16.3. The molecule has 0 spiro atoms. The van der Waals surface area contributed by atoms with E-state index in [0.29, 0.717) is 36.0 Å². The van der Waals surface area contributed by atoms with Crippen LogP contribution in [0.3, 0.4) is 0 Å². The van der Waals surface area contributed by atoms with Crippen LogP contribution in [0.25, 0.3) is 5.82 Å². The molecule has 0 aromatic carbocycles. The summed E-state index contributed by atoms with van der Waals surface area (Å²) in [5.41, 5.74) is -0.182. The maximum Gasteiger partial charge on any atom is 0.257 e. The van der Waals surface area contributed by atoms with E-state index in [4.69, 9.17) is 4.74 Å². The molecule has 1 aliphatic rings. The number of amides is 1. The number of rotatable bonds is 5. The Morgan fingerprint density at radius 2 is 1.91 bits per heavy atom. The first-order valence-electron chi connectivity index (χ1n) is 10.7. The monoisotopic (exact) mass is 442 g/mol. The highest BCUT2D eigenvalue weighted by Gasteiger charge is 2.30. The van der Waals surface area contributed by atoms with E-state index >= 15 is 0 Å². The van der Waals surface area contributed by atoms with Crippen LogP contribution in [0.4, 0.5) is 0 Å². The van der Waals surface area contributed by atoms with Crippen LogP contribution in [0, 0.1) is 0 Å². The van der Waals surface area contributed by atoms with Crippen molar-refractivity contribution in [2.24, 2.45) is 0 Å². The van der Waals surface area contributed by atoms with Gasteiger partial charge in [-0.3, -0.25) is 4.79 Å². The van der Waals surface area contributed by atoms with Crippen molar-refractivity contribution in [1.82, 2.24) is 39.9 Å². The van der Waals surface area contributed by atoms with Crippen molar-refractivity contribution < 1.29 is 14.6 Å². The van der Waals surface area contributed by atoms with Crippen molar-refractivity contribution in [2.45, 2.75) is 52.2 Å². The van der Waals surface area contributed by atoms with E-state index in [2.05, 4.69) is 25.4 Å². The highest BCUT2D eigenvalue weighted by molar-refractivity contribution is 5.97. The number of piperidine rings is 1. The minimum atomic E-state index is -1.07. The average Bonchev–Trinajstić information content (AvgIpc) is 3.52. The van der Waals surface area contributed by atoms with Crippen molar-refractivity contribution in [1.29, 1.82) is 0 Å². The van der Waals surface area contributed by atoms with Crippen LogP contribution < -0.4 is 4.74 Å². The van der Waals surface area contributed by atoms with Crippen molar-refractivity contribution in [3.8, 4) is 11.7 Å². The van der Waals surface area contributed by atoms with Crippen LogP contribution in [0.1, 0.15) is 62.6 Å². The molecule has 1 N–H and O–H groups in total. The number of ether oxygens (including phenoxy) is 1. The van der Waals surface area contributed by atoms with Gasteiger partial charge < -0.3 is 14.7 Å². The fourth-order valence-corrected chi connectivity index (χ4v) is 3.42. The summed E-state index contributed by atoms with van der Waals surface area (Å²) in [6, 6.07) is 3.25. The third kappa shape index (κ3) is 4.93. The summed E-state index contributed by atoms with van der Waals surface area (Å²) in [5, 5.41) is 27.1. The Bertz CT molecular complexity index is 1030. The van der Waals surface area contributed by atoms with E-state index < -0.39 is 5.60 Å². The van der Waals surface area contributed by atoms with Crippen molar-refractivity contribution >= 4 is 5.91 Å². The zero-order chi connectivity index (χ0) is 23.3. The molecule has 1 saturated heterocycles. The maximum absolute atomic E-state index is 13.3. The largest absolute Gasteiger partial charge is 0.481 e. The number of likely N-dealkylation sites (tertiary alicyclic amines) is 1. The molecule has 0 saturated carbocycles. The molecule has 0 aliphatic carbocycles. The number of aromatic nitrogens is 7. The van der Waals surface area contributed by atoms with Crippen molar-refractivity contribution in [3.05, 3.63) is 42.0 Å². The minimum absolute atomic E-state index is 0.0729. The predicted molar refractivity (Wildman–Crippen MR) is 116 cm³/mol. The molecule has 3 aromatic rings. The van der Waals surface area contributed by atoms with Gasteiger partial charge in [0.15, 0.2) is 5.82 Å². The molecule has 11 heteroatoms. The Kier molecular flexibility index (Phi) is 7.18. The van der Waals surface area contributed by atoms with Crippen LogP contribution in [0.2, 0.25) is 0 Å². The van der Waals surface area contributed by atoms with Gasteiger partial charge in [-0.25, -0.2) is 0 Å². The van der Waals surface area contributed by atoms with E-state index in [1.54, 1.807) is 41.9 Å². The Morgan fingerprint density at radius 3 is 2.53 bits per heavy atom. The third-order valence-corrected chi connectivity index (χ3v) is 5.04. The van der Waals surface area contributed by atoms with E-state index in [9.17, 15) is 9.90 Å². The molecule has 1 atom stereocenters. The molecular weight excluding hydrogens is 412 g/mol. The summed E-state index contributed by atoms with van der Waals surface area (Å²) >= 11 is 0. The summed E-state index contributed by atoms with van der Waals surface area (Å²) < 4.78 is 5.19. The zero-order valence-corrected chi connectivity index (χ0v) is 19.1. The van der Waals surface area contributed by atoms with Gasteiger partial charge in [0.05, 0.1) is 37.3 Å². The zero-order valence-electron chi connectivity index (χ0n) is 19.1. The van der Waals surface area contributed by atoms with Crippen LogP contribution in [-0.4, -0.2) is 71.1 Å². The molecular formula is C21H30N8O3. The van der Waals surface area contributed by atoms with Gasteiger partial charge in [-0.1, -0.05) is 13.8 Å². The third-order valence-electron chi connectivity index (χ3n) is 5.04. The van der Waals surface area contributed by atoms with Gasteiger partial charge >= 0.3 is 0 Å². The van der Waals surface area contributed by atoms with Gasteiger partial charge in [0, 0.05) is 19.2 Å². The second kappa shape index (κ2) is 9.86. The van der Waals surface area contributed by atoms with Crippen molar-refractivity contribution in [3.63, 3.8) is 0 Å². The van der Waals surface area contributed by atoms with Crippen LogP contribution in [0.15, 0.2) is 30.7 Å². The molecule has 3 aromatic heterocycles. The molecule has 1 aliphatic heterocycles. The minimum Gasteiger partial charge on any atom is -0.481 e. The van der Waals surface area contributed by atoms with Crippen LogP contribution in [0.5, 0.6) is 5.88 Å². The van der Waals surface area contributed by atoms with E-state index in [0.717, 1.165) is 12.8 Å². The van der Waals surface area contributed by atoms with Gasteiger partial charge in [0.2, 0.25) is 5.88 Å². The van der Waals surface area contributed by atoms with Gasteiger partial charge in [-0.15, -0.1) is 4.80 Å². The van der Waals surface area contributed by atoms with E-state index in [-0.39, 0.29) is 11.9 Å². The Hall–Kier alpha value is -3.34. The fourth-order valence-electron chi connectivity index (χ4n) is 3.42. The summed E-state index contributed by atoms with van der Waals surface area (Å²) in [7, 11) is 1.51. The number of hydrogen-bond donors (Lipinski definition) is 1. The number of pyridine rings is 1. The lowest BCUT2D eigenvalue weighted by Crippen LogP contribution is -2.41. The van der Waals surface area contributed by atoms with Crippen LogP contribution in [-0.2, 0) is 5.60 Å². The molecule has 4 rings (SSSR count). The van der Waals surface area contributed by atoms with Gasteiger partial charge in [-0.2, -0.15) is 30.2 Å². The predicted octanol–water partition coefficient (Wildman–Crippen LogP) is 1.99. The molecule has 11 nitrogen and oxygen atoms in total. The lowest BCUT2D eigenvalue weighted by atomic mass is 10.0. The maximum atomic E-state index is 13.3. The SMILES string of the molecule is CC.COc1ccc(C(=O)N2CCCC(n3ncc(C(C)(C)O)n3)C2)c(-n2nccn2)n1. The Morgan fingerprint density at radius 1 is 1.19 bits per heavy atom.